The Morgan fingerprint density at radius 1 is 0.694 bits per heavy atom. The van der Waals surface area contributed by atoms with E-state index in [4.69, 9.17) is 9.47 Å². The lowest BCUT2D eigenvalue weighted by atomic mass is 9.97. The van der Waals surface area contributed by atoms with E-state index >= 15 is 17.6 Å². The summed E-state index contributed by atoms with van der Waals surface area (Å²) in [6, 6.07) is 9.12. The van der Waals surface area contributed by atoms with Crippen LogP contribution >= 0.6 is 0 Å². The van der Waals surface area contributed by atoms with Crippen molar-refractivity contribution in [2.24, 2.45) is 5.92 Å². The summed E-state index contributed by atoms with van der Waals surface area (Å²) in [6.07, 6.45) is -1.07. The summed E-state index contributed by atoms with van der Waals surface area (Å²) in [5.74, 6) is -12.1. The van der Waals surface area contributed by atoms with E-state index in [0.717, 1.165) is 68.1 Å². The van der Waals surface area contributed by atoms with Gasteiger partial charge in [-0.05, 0) is 60.0 Å². The highest BCUT2D eigenvalue weighted by atomic mass is 19.3. The van der Waals surface area contributed by atoms with Gasteiger partial charge in [0.1, 0.15) is 34.8 Å². The van der Waals surface area contributed by atoms with Gasteiger partial charge in [-0.2, -0.15) is 17.6 Å². The quantitative estimate of drug-likeness (QED) is 0.109. The topological polar surface area (TPSA) is 27.7 Å². The molecule has 0 radical (unpaired) electrons. The summed E-state index contributed by atoms with van der Waals surface area (Å²) >= 11 is 0. The summed E-state index contributed by atoms with van der Waals surface area (Å²) in [5.41, 5.74) is -4.08. The molecule has 1 aliphatic rings. The average molecular weight is 701 g/mol. The van der Waals surface area contributed by atoms with E-state index in [1.165, 1.54) is 6.07 Å². The number of rotatable bonds is 12. The van der Waals surface area contributed by atoms with Crippen LogP contribution in [0.15, 0.2) is 66.7 Å². The van der Waals surface area contributed by atoms with Gasteiger partial charge in [0.05, 0.1) is 24.3 Å². The standard InChI is InChI=1S/C36H30F10O3/c1-2-3-4-5-20-17-47-34(48-18-20)22-7-11-27(30(40)13-22)36(45,46)49-24-8-10-25(29(39)16-24)21-6-9-26(28(38)12-21)23-14-31(41)33(32(42)15-23)35(43,44)19-37/h6-16,20,34H,2-5,17-19H2,1H3. The average Bonchev–Trinajstić information content (AvgIpc) is 3.04. The van der Waals surface area contributed by atoms with Crippen molar-refractivity contribution in [1.82, 2.24) is 0 Å². The lowest BCUT2D eigenvalue weighted by Crippen LogP contribution is -2.27. The molecule has 1 aliphatic heterocycles. The van der Waals surface area contributed by atoms with Crippen molar-refractivity contribution < 1.29 is 58.1 Å². The maximum Gasteiger partial charge on any atom is 0.429 e. The van der Waals surface area contributed by atoms with Crippen LogP contribution in [0.5, 0.6) is 5.75 Å². The third kappa shape index (κ3) is 8.04. The number of hydrogen-bond acceptors (Lipinski definition) is 3. The Morgan fingerprint density at radius 2 is 1.31 bits per heavy atom. The second kappa shape index (κ2) is 14.8. The fraction of sp³-hybridized carbons (Fsp3) is 0.333. The van der Waals surface area contributed by atoms with Gasteiger partial charge >= 0.3 is 12.0 Å². The van der Waals surface area contributed by atoms with E-state index in [2.05, 4.69) is 11.7 Å². The predicted molar refractivity (Wildman–Crippen MR) is 160 cm³/mol. The van der Waals surface area contributed by atoms with Crippen LogP contribution in [0, 0.1) is 35.0 Å². The van der Waals surface area contributed by atoms with Crippen LogP contribution < -0.4 is 4.74 Å². The molecule has 4 aromatic rings. The highest BCUT2D eigenvalue weighted by Crippen LogP contribution is 2.39. The SMILES string of the molecule is CCCCCC1COC(c2ccc(C(F)(F)Oc3ccc(-c4ccc(-c5cc(F)c(C(F)(F)CF)c(F)c5)c(F)c4)c(F)c3)c(F)c2)OC1. The number of benzene rings is 4. The minimum absolute atomic E-state index is 0.125. The second-order valence-corrected chi connectivity index (χ2v) is 11.7. The first kappa shape index (κ1) is 36.2. The highest BCUT2D eigenvalue weighted by molar-refractivity contribution is 5.72. The zero-order valence-corrected chi connectivity index (χ0v) is 26.0. The van der Waals surface area contributed by atoms with Crippen molar-refractivity contribution in [3.8, 4) is 28.0 Å². The van der Waals surface area contributed by atoms with Gasteiger partial charge in [0, 0.05) is 28.7 Å². The van der Waals surface area contributed by atoms with E-state index in [-0.39, 0.29) is 22.6 Å². The summed E-state index contributed by atoms with van der Waals surface area (Å²) in [6.45, 7) is 0.505. The third-order valence-electron chi connectivity index (χ3n) is 8.11. The van der Waals surface area contributed by atoms with E-state index in [9.17, 15) is 26.3 Å². The molecule has 3 nitrogen and oxygen atoms in total. The van der Waals surface area contributed by atoms with E-state index in [1.807, 2.05) is 0 Å². The summed E-state index contributed by atoms with van der Waals surface area (Å²) < 4.78 is 159. The smallest absolute Gasteiger partial charge is 0.429 e. The first-order valence-electron chi connectivity index (χ1n) is 15.4. The van der Waals surface area contributed by atoms with Crippen molar-refractivity contribution >= 4 is 0 Å². The molecule has 5 rings (SSSR count). The van der Waals surface area contributed by atoms with Gasteiger partial charge in [0.15, 0.2) is 13.0 Å². The van der Waals surface area contributed by atoms with Crippen molar-refractivity contribution in [1.29, 1.82) is 0 Å². The molecule has 0 saturated carbocycles. The lowest BCUT2D eigenvalue weighted by Gasteiger charge is -2.30. The molecule has 0 amide bonds. The molecule has 0 unspecified atom stereocenters. The van der Waals surface area contributed by atoms with Crippen LogP contribution in [0.25, 0.3) is 22.3 Å². The fourth-order valence-corrected chi connectivity index (χ4v) is 5.56. The Bertz CT molecular complexity index is 1760. The van der Waals surface area contributed by atoms with Crippen LogP contribution in [-0.2, 0) is 21.5 Å². The van der Waals surface area contributed by atoms with Gasteiger partial charge < -0.3 is 14.2 Å². The first-order valence-corrected chi connectivity index (χ1v) is 15.4. The normalized spacial score (nSPS) is 17.0. The van der Waals surface area contributed by atoms with Gasteiger partial charge in [-0.25, -0.2) is 26.3 Å². The maximum absolute atomic E-state index is 15.1. The zero-order chi connectivity index (χ0) is 35.5. The largest absolute Gasteiger partial charge is 0.429 e. The maximum atomic E-state index is 15.1. The fourth-order valence-electron chi connectivity index (χ4n) is 5.56. The Morgan fingerprint density at radius 3 is 1.90 bits per heavy atom. The number of unbranched alkanes of at least 4 members (excludes halogenated alkanes) is 2. The predicted octanol–water partition coefficient (Wildman–Crippen LogP) is 11.1. The molecule has 1 heterocycles. The molecule has 0 N–H and O–H groups in total. The molecule has 0 aromatic heterocycles. The Labute approximate surface area is 275 Å². The molecule has 1 saturated heterocycles. The molecule has 1 fully saturated rings. The van der Waals surface area contributed by atoms with Crippen LogP contribution in [-0.4, -0.2) is 19.9 Å². The van der Waals surface area contributed by atoms with Crippen molar-refractivity contribution in [3.05, 3.63) is 113 Å². The zero-order valence-electron chi connectivity index (χ0n) is 26.0. The Kier molecular flexibility index (Phi) is 10.9. The number of halogens is 10. The number of alkyl halides is 5. The van der Waals surface area contributed by atoms with Crippen molar-refractivity contribution in [3.63, 3.8) is 0 Å². The van der Waals surface area contributed by atoms with Gasteiger partial charge in [-0.15, -0.1) is 0 Å². The van der Waals surface area contributed by atoms with Gasteiger partial charge in [0.2, 0.25) is 0 Å². The van der Waals surface area contributed by atoms with Crippen LogP contribution in [0.2, 0.25) is 0 Å². The van der Waals surface area contributed by atoms with Crippen molar-refractivity contribution in [2.75, 3.05) is 19.9 Å². The molecule has 0 aliphatic carbocycles. The van der Waals surface area contributed by atoms with E-state index in [0.29, 0.717) is 31.4 Å². The summed E-state index contributed by atoms with van der Waals surface area (Å²) in [7, 11) is 0. The number of ether oxygens (including phenoxy) is 3. The summed E-state index contributed by atoms with van der Waals surface area (Å²) in [4.78, 5) is 0. The van der Waals surface area contributed by atoms with E-state index < -0.39 is 82.1 Å². The molecule has 49 heavy (non-hydrogen) atoms. The Hall–Kier alpha value is -4.10. The van der Waals surface area contributed by atoms with Crippen LogP contribution in [0.4, 0.5) is 43.9 Å². The second-order valence-electron chi connectivity index (χ2n) is 11.7. The molecule has 0 atom stereocenters. The molecular weight excluding hydrogens is 670 g/mol. The molecule has 13 heteroatoms. The van der Waals surface area contributed by atoms with E-state index in [1.54, 1.807) is 0 Å². The van der Waals surface area contributed by atoms with Gasteiger partial charge in [0.25, 0.3) is 0 Å². The first-order chi connectivity index (χ1) is 23.2. The molecule has 0 bridgehead atoms. The minimum atomic E-state index is -4.44. The molecule has 4 aromatic carbocycles. The van der Waals surface area contributed by atoms with Gasteiger partial charge in [-0.3, -0.25) is 0 Å². The Balaban J connectivity index is 1.28. The molecule has 262 valence electrons. The van der Waals surface area contributed by atoms with Crippen LogP contribution in [0.3, 0.4) is 0 Å². The lowest BCUT2D eigenvalue weighted by molar-refractivity contribution is -0.206. The molecule has 0 spiro atoms. The number of hydrogen-bond donors (Lipinski definition) is 0. The molecular formula is C36H30F10O3. The van der Waals surface area contributed by atoms with Crippen LogP contribution in [0.1, 0.15) is 55.6 Å². The van der Waals surface area contributed by atoms with Gasteiger partial charge in [-0.1, -0.05) is 44.4 Å². The summed E-state index contributed by atoms with van der Waals surface area (Å²) in [5, 5.41) is 0. The minimum Gasteiger partial charge on any atom is -0.429 e. The van der Waals surface area contributed by atoms with Crippen molar-refractivity contribution in [2.45, 2.75) is 50.9 Å². The third-order valence-corrected chi connectivity index (χ3v) is 8.11. The monoisotopic (exact) mass is 700 g/mol. The highest BCUT2D eigenvalue weighted by Gasteiger charge is 2.39.